The summed E-state index contributed by atoms with van der Waals surface area (Å²) in [5, 5.41) is 0. The molecule has 0 unspecified atom stereocenters. The van der Waals surface area contributed by atoms with E-state index in [-0.39, 0.29) is 11.5 Å². The maximum Gasteiger partial charge on any atom is 0.264 e. The molecule has 0 bridgehead atoms. The van der Waals surface area contributed by atoms with Gasteiger partial charge in [-0.2, -0.15) is 8.42 Å². The highest BCUT2D eigenvalue weighted by atomic mass is 32.2. The zero-order chi connectivity index (χ0) is 24.2. The van der Waals surface area contributed by atoms with E-state index in [1.807, 2.05) is 31.2 Å². The molecule has 3 aromatic heterocycles. The third-order valence-electron chi connectivity index (χ3n) is 7.33. The van der Waals surface area contributed by atoms with Crippen molar-refractivity contribution < 1.29 is 12.6 Å². The molecule has 1 saturated carbocycles. The number of nitrogens with zero attached hydrogens (tertiary/aromatic N) is 5. The summed E-state index contributed by atoms with van der Waals surface area (Å²) >= 11 is 0. The lowest BCUT2D eigenvalue weighted by Gasteiger charge is -2.35. The van der Waals surface area contributed by atoms with Crippen LogP contribution in [0, 0.1) is 6.92 Å². The standard InChI is InChI=1S/C26H27N5O3S/c1-17-4-3-5-21(29-17)23-24(18-6-7-20-22(16-18)28-14-13-27-20)31-15-12-26(25(31)30-23)10-8-19(9-11-26)34-35(2,32)33/h3-7,13-14,16,19H,8-12,15H2,1-2H3/t19-,26-. The van der Waals surface area contributed by atoms with Crippen LogP contribution in [0.4, 0.5) is 0 Å². The van der Waals surface area contributed by atoms with Crippen molar-refractivity contribution >= 4 is 21.2 Å². The van der Waals surface area contributed by atoms with Gasteiger partial charge in [-0.3, -0.25) is 19.1 Å². The van der Waals surface area contributed by atoms with Crippen LogP contribution in [0.25, 0.3) is 33.7 Å². The monoisotopic (exact) mass is 489 g/mol. The molecule has 4 heterocycles. The van der Waals surface area contributed by atoms with Gasteiger partial charge >= 0.3 is 0 Å². The highest BCUT2D eigenvalue weighted by Gasteiger charge is 2.46. The quantitative estimate of drug-likeness (QED) is 0.391. The zero-order valence-electron chi connectivity index (χ0n) is 19.8. The van der Waals surface area contributed by atoms with Gasteiger partial charge in [0.05, 0.1) is 34.8 Å². The molecule has 6 rings (SSSR count). The van der Waals surface area contributed by atoms with Gasteiger partial charge in [-0.05, 0) is 63.3 Å². The van der Waals surface area contributed by atoms with E-state index in [1.165, 1.54) is 0 Å². The number of imidazole rings is 1. The van der Waals surface area contributed by atoms with Crippen LogP contribution in [-0.2, 0) is 26.3 Å². The first kappa shape index (κ1) is 22.3. The van der Waals surface area contributed by atoms with E-state index in [0.29, 0.717) is 12.8 Å². The molecule has 1 aromatic carbocycles. The first-order chi connectivity index (χ1) is 16.8. The van der Waals surface area contributed by atoms with Crippen LogP contribution in [-0.4, -0.2) is 45.3 Å². The molecule has 1 fully saturated rings. The SMILES string of the molecule is Cc1cccc(-c2nc3n(c2-c2ccc4nccnc4c2)CC[C@]32CC[C@@H](OS(C)(=O)=O)CC2)n1. The van der Waals surface area contributed by atoms with Gasteiger partial charge in [-0.25, -0.2) is 4.98 Å². The molecule has 0 amide bonds. The molecule has 9 heteroatoms. The molecule has 8 nitrogen and oxygen atoms in total. The predicted molar refractivity (Wildman–Crippen MR) is 133 cm³/mol. The predicted octanol–water partition coefficient (Wildman–Crippen LogP) is 4.42. The van der Waals surface area contributed by atoms with Crippen LogP contribution in [0.1, 0.15) is 43.6 Å². The number of fused-ring (bicyclic) bond motifs is 3. The second-order valence-electron chi connectivity index (χ2n) is 9.74. The van der Waals surface area contributed by atoms with Crippen LogP contribution in [0.5, 0.6) is 0 Å². The van der Waals surface area contributed by atoms with Crippen LogP contribution in [0.3, 0.4) is 0 Å². The highest BCUT2D eigenvalue weighted by molar-refractivity contribution is 7.86. The third kappa shape index (κ3) is 4.02. The van der Waals surface area contributed by atoms with E-state index in [4.69, 9.17) is 14.2 Å². The zero-order valence-corrected chi connectivity index (χ0v) is 20.6. The van der Waals surface area contributed by atoms with Crippen LogP contribution < -0.4 is 0 Å². The average molecular weight is 490 g/mol. The molecule has 1 spiro atoms. The Balaban J connectivity index is 1.46. The number of aromatic nitrogens is 5. The topological polar surface area (TPSA) is 99.9 Å². The minimum atomic E-state index is -3.46. The Labute approximate surface area is 204 Å². The van der Waals surface area contributed by atoms with Gasteiger partial charge in [0.15, 0.2) is 0 Å². The Kier molecular flexibility index (Phi) is 5.23. The van der Waals surface area contributed by atoms with Crippen LogP contribution in [0.2, 0.25) is 0 Å². The van der Waals surface area contributed by atoms with E-state index in [1.54, 1.807) is 12.4 Å². The summed E-state index contributed by atoms with van der Waals surface area (Å²) in [4.78, 5) is 19.0. The normalized spacial score (nSPS) is 22.1. The molecule has 1 aliphatic carbocycles. The van der Waals surface area contributed by atoms with Gasteiger partial charge in [0.2, 0.25) is 0 Å². The van der Waals surface area contributed by atoms with E-state index < -0.39 is 10.1 Å². The molecule has 0 atom stereocenters. The smallest absolute Gasteiger partial charge is 0.264 e. The second kappa shape index (κ2) is 8.20. The largest absolute Gasteiger partial charge is 0.327 e. The van der Waals surface area contributed by atoms with Crippen LogP contribution >= 0.6 is 0 Å². The van der Waals surface area contributed by atoms with Crippen molar-refractivity contribution in [1.82, 2.24) is 24.5 Å². The summed E-state index contributed by atoms with van der Waals surface area (Å²) < 4.78 is 30.9. The Hall–Kier alpha value is -3.17. The maximum absolute atomic E-state index is 11.6. The summed E-state index contributed by atoms with van der Waals surface area (Å²) in [7, 11) is -3.46. The number of hydrogen-bond acceptors (Lipinski definition) is 7. The van der Waals surface area contributed by atoms with Gasteiger partial charge in [0.1, 0.15) is 11.5 Å². The lowest BCUT2D eigenvalue weighted by atomic mass is 9.72. The van der Waals surface area contributed by atoms with Crippen molar-refractivity contribution in [2.24, 2.45) is 0 Å². The fourth-order valence-corrected chi connectivity index (χ4v) is 6.42. The van der Waals surface area contributed by atoms with Crippen molar-refractivity contribution in [3.8, 4) is 22.6 Å². The number of hydrogen-bond donors (Lipinski definition) is 0. The van der Waals surface area contributed by atoms with Gasteiger partial charge < -0.3 is 4.57 Å². The van der Waals surface area contributed by atoms with Crippen molar-refractivity contribution in [2.75, 3.05) is 6.26 Å². The van der Waals surface area contributed by atoms with Gasteiger partial charge in [-0.1, -0.05) is 12.1 Å². The number of rotatable bonds is 4. The Morgan fingerprint density at radius 2 is 1.77 bits per heavy atom. The number of pyridine rings is 1. The minimum Gasteiger partial charge on any atom is -0.327 e. The molecule has 1 aliphatic heterocycles. The van der Waals surface area contributed by atoms with Crippen molar-refractivity contribution in [2.45, 2.75) is 57.1 Å². The second-order valence-corrected chi connectivity index (χ2v) is 11.3. The van der Waals surface area contributed by atoms with E-state index in [9.17, 15) is 8.42 Å². The molecular weight excluding hydrogens is 462 g/mol. The van der Waals surface area contributed by atoms with Crippen LogP contribution in [0.15, 0.2) is 48.8 Å². The van der Waals surface area contributed by atoms with Gasteiger partial charge in [0.25, 0.3) is 10.1 Å². The maximum atomic E-state index is 11.6. The fourth-order valence-electron chi connectivity index (χ4n) is 5.73. The molecule has 0 N–H and O–H groups in total. The summed E-state index contributed by atoms with van der Waals surface area (Å²) in [6, 6.07) is 12.2. The summed E-state index contributed by atoms with van der Waals surface area (Å²) in [5.41, 5.74) is 6.39. The van der Waals surface area contributed by atoms with Gasteiger partial charge in [0, 0.05) is 35.6 Å². The minimum absolute atomic E-state index is 0.0785. The van der Waals surface area contributed by atoms with E-state index in [2.05, 4.69) is 26.7 Å². The molecular formula is C26H27N5O3S. The third-order valence-corrected chi connectivity index (χ3v) is 7.95. The molecule has 0 saturated heterocycles. The molecule has 180 valence electrons. The molecule has 4 aromatic rings. The summed E-state index contributed by atoms with van der Waals surface area (Å²) in [5.74, 6) is 1.07. The van der Waals surface area contributed by atoms with Crippen molar-refractivity contribution in [1.29, 1.82) is 0 Å². The molecule has 35 heavy (non-hydrogen) atoms. The first-order valence-electron chi connectivity index (χ1n) is 12.0. The van der Waals surface area contributed by atoms with E-state index >= 15 is 0 Å². The Morgan fingerprint density at radius 1 is 1.00 bits per heavy atom. The molecule has 2 aliphatic rings. The highest BCUT2D eigenvalue weighted by Crippen LogP contribution is 2.50. The lowest BCUT2D eigenvalue weighted by Crippen LogP contribution is -2.34. The summed E-state index contributed by atoms with van der Waals surface area (Å²) in [6.45, 7) is 2.85. The van der Waals surface area contributed by atoms with Crippen molar-refractivity contribution in [3.63, 3.8) is 0 Å². The summed E-state index contributed by atoms with van der Waals surface area (Å²) in [6.07, 6.45) is 8.40. The fraction of sp³-hybridized carbons (Fsp3) is 0.385. The lowest BCUT2D eigenvalue weighted by molar-refractivity contribution is 0.121. The van der Waals surface area contributed by atoms with E-state index in [0.717, 1.165) is 77.3 Å². The Morgan fingerprint density at radius 3 is 2.51 bits per heavy atom. The van der Waals surface area contributed by atoms with Crippen molar-refractivity contribution in [3.05, 3.63) is 60.3 Å². The molecule has 0 radical (unpaired) electrons. The number of aryl methyl sites for hydroxylation is 1. The Bertz CT molecular complexity index is 1540. The first-order valence-corrected chi connectivity index (χ1v) is 13.8. The van der Waals surface area contributed by atoms with Gasteiger partial charge in [-0.15, -0.1) is 0 Å². The number of benzene rings is 1. The average Bonchev–Trinajstić information content (AvgIpc) is 3.38.